The second-order valence-corrected chi connectivity index (χ2v) is 8.74. The molecule has 0 aromatic carbocycles. The summed E-state index contributed by atoms with van der Waals surface area (Å²) in [5.74, 6) is 0.911. The van der Waals surface area contributed by atoms with E-state index in [4.69, 9.17) is 0 Å². The van der Waals surface area contributed by atoms with Crippen molar-refractivity contribution in [2.45, 2.75) is 155 Å². The van der Waals surface area contributed by atoms with Gasteiger partial charge in [0.05, 0.1) is 0 Å². The van der Waals surface area contributed by atoms with E-state index < -0.39 is 0 Å². The Bertz CT molecular complexity index is 232. The number of unbranched alkanes of at least 4 members (excludes halogenated alkanes) is 17. The maximum absolute atomic E-state index is 4.21. The highest BCUT2D eigenvalue weighted by Crippen LogP contribution is 2.22. The lowest BCUT2D eigenvalue weighted by atomic mass is 9.92. The van der Waals surface area contributed by atoms with Crippen molar-refractivity contribution in [1.82, 2.24) is 0 Å². The molecule has 1 radical (unpaired) electrons. The smallest absolute Gasteiger partial charge is 0.0414 e. The molecular formula is C26H53. The van der Waals surface area contributed by atoms with Crippen molar-refractivity contribution in [3.63, 3.8) is 0 Å². The van der Waals surface area contributed by atoms with Gasteiger partial charge in [-0.25, -0.2) is 0 Å². The van der Waals surface area contributed by atoms with Crippen molar-refractivity contribution >= 4 is 0 Å². The van der Waals surface area contributed by atoms with Gasteiger partial charge in [-0.3, -0.25) is 0 Å². The predicted molar refractivity (Wildman–Crippen MR) is 122 cm³/mol. The first-order chi connectivity index (χ1) is 12.8. The van der Waals surface area contributed by atoms with E-state index in [9.17, 15) is 0 Å². The molecule has 0 aromatic heterocycles. The van der Waals surface area contributed by atoms with Crippen LogP contribution in [0.15, 0.2) is 0 Å². The molecule has 0 bridgehead atoms. The number of rotatable bonds is 22. The zero-order valence-electron chi connectivity index (χ0n) is 18.8. The van der Waals surface area contributed by atoms with Crippen LogP contribution in [-0.2, 0) is 0 Å². The molecule has 0 amide bonds. The third-order valence-corrected chi connectivity index (χ3v) is 6.09. The average Bonchev–Trinajstić information content (AvgIpc) is 2.66. The van der Waals surface area contributed by atoms with E-state index in [-0.39, 0.29) is 0 Å². The van der Waals surface area contributed by atoms with Crippen LogP contribution in [-0.4, -0.2) is 0 Å². The molecule has 0 nitrogen and oxygen atoms in total. The highest BCUT2D eigenvalue weighted by molar-refractivity contribution is 4.62. The molecule has 0 heteroatoms. The van der Waals surface area contributed by atoms with Gasteiger partial charge in [0.15, 0.2) is 0 Å². The minimum atomic E-state index is 0.911. The van der Waals surface area contributed by atoms with Gasteiger partial charge in [0.25, 0.3) is 0 Å². The van der Waals surface area contributed by atoms with E-state index in [0.29, 0.717) is 0 Å². The Balaban J connectivity index is 3.28. The van der Waals surface area contributed by atoms with Crippen molar-refractivity contribution in [3.05, 3.63) is 6.92 Å². The first-order valence-corrected chi connectivity index (χ1v) is 12.6. The summed E-state index contributed by atoms with van der Waals surface area (Å²) >= 11 is 0. The van der Waals surface area contributed by atoms with Crippen LogP contribution in [0.2, 0.25) is 0 Å². The summed E-state index contributed by atoms with van der Waals surface area (Å²) in [6.07, 6.45) is 31.6. The van der Waals surface area contributed by atoms with E-state index >= 15 is 0 Å². The summed E-state index contributed by atoms with van der Waals surface area (Å²) in [6, 6.07) is 0. The van der Waals surface area contributed by atoms with Gasteiger partial charge in [-0.15, -0.1) is 0 Å². The normalized spacial score (nSPS) is 12.6. The lowest BCUT2D eigenvalue weighted by Crippen LogP contribution is -1.99. The van der Waals surface area contributed by atoms with Gasteiger partial charge >= 0.3 is 0 Å². The largest absolute Gasteiger partial charge is 0.0654 e. The van der Waals surface area contributed by atoms with Crippen LogP contribution in [0, 0.1) is 12.8 Å². The monoisotopic (exact) mass is 365 g/mol. The molecular weight excluding hydrogens is 312 g/mol. The van der Waals surface area contributed by atoms with Crippen LogP contribution in [0.3, 0.4) is 0 Å². The number of hydrogen-bond acceptors (Lipinski definition) is 0. The Labute approximate surface area is 168 Å². The zero-order chi connectivity index (χ0) is 19.1. The molecule has 0 fully saturated rings. The molecule has 0 aromatic rings. The van der Waals surface area contributed by atoms with Crippen molar-refractivity contribution in [2.24, 2.45) is 5.92 Å². The standard InChI is InChI=1S/C26H53/c1-4-7-9-11-13-15-17-19-21-23-25-26(6-3)24-22-20-18-16-14-12-10-8-5-2/h26H,3-25H2,1-2H3. The minimum Gasteiger partial charge on any atom is -0.0654 e. The van der Waals surface area contributed by atoms with E-state index in [0.717, 1.165) is 12.3 Å². The SMILES string of the molecule is [CH2]CC(CCCCCCCCCCC)CCCCCCCCCCCC. The van der Waals surface area contributed by atoms with E-state index in [1.165, 1.54) is 135 Å². The van der Waals surface area contributed by atoms with Crippen molar-refractivity contribution in [3.8, 4) is 0 Å². The Morgan fingerprint density at radius 3 is 0.962 bits per heavy atom. The minimum absolute atomic E-state index is 0.911. The molecule has 0 aliphatic heterocycles. The second-order valence-electron chi connectivity index (χ2n) is 8.74. The van der Waals surface area contributed by atoms with Crippen LogP contribution >= 0.6 is 0 Å². The van der Waals surface area contributed by atoms with Crippen molar-refractivity contribution in [1.29, 1.82) is 0 Å². The van der Waals surface area contributed by atoms with Gasteiger partial charge in [-0.2, -0.15) is 0 Å². The zero-order valence-corrected chi connectivity index (χ0v) is 18.8. The maximum atomic E-state index is 4.21. The van der Waals surface area contributed by atoms with Crippen LogP contribution in [0.25, 0.3) is 0 Å². The Kier molecular flexibility index (Phi) is 23.0. The lowest BCUT2D eigenvalue weighted by Gasteiger charge is -2.14. The van der Waals surface area contributed by atoms with Gasteiger partial charge in [0.1, 0.15) is 0 Å². The molecule has 1 unspecified atom stereocenters. The summed E-state index contributed by atoms with van der Waals surface area (Å²) < 4.78 is 0. The molecule has 0 aliphatic carbocycles. The fourth-order valence-corrected chi connectivity index (χ4v) is 4.10. The highest BCUT2D eigenvalue weighted by atomic mass is 14.1. The van der Waals surface area contributed by atoms with Gasteiger partial charge in [0, 0.05) is 0 Å². The third kappa shape index (κ3) is 20.3. The average molecular weight is 366 g/mol. The lowest BCUT2D eigenvalue weighted by molar-refractivity contribution is 0.404. The quantitative estimate of drug-likeness (QED) is 0.167. The van der Waals surface area contributed by atoms with Crippen LogP contribution in [0.5, 0.6) is 0 Å². The predicted octanol–water partition coefficient (Wildman–Crippen LogP) is 10.1. The molecule has 26 heavy (non-hydrogen) atoms. The topological polar surface area (TPSA) is 0 Å². The van der Waals surface area contributed by atoms with Crippen molar-refractivity contribution < 1.29 is 0 Å². The van der Waals surface area contributed by atoms with E-state index in [1.807, 2.05) is 0 Å². The Hall–Kier alpha value is 0. The van der Waals surface area contributed by atoms with Gasteiger partial charge in [-0.05, 0) is 5.92 Å². The van der Waals surface area contributed by atoms with Crippen LogP contribution < -0.4 is 0 Å². The fourth-order valence-electron chi connectivity index (χ4n) is 4.10. The molecule has 0 aliphatic rings. The molecule has 0 heterocycles. The molecule has 0 rings (SSSR count). The molecule has 0 spiro atoms. The highest BCUT2D eigenvalue weighted by Gasteiger charge is 2.06. The summed E-state index contributed by atoms with van der Waals surface area (Å²) in [4.78, 5) is 0. The Morgan fingerprint density at radius 2 is 0.692 bits per heavy atom. The second kappa shape index (κ2) is 23.0. The molecule has 157 valence electrons. The number of hydrogen-bond donors (Lipinski definition) is 0. The van der Waals surface area contributed by atoms with Crippen LogP contribution in [0.1, 0.15) is 155 Å². The summed E-state index contributed by atoms with van der Waals surface area (Å²) in [5.41, 5.74) is 0. The van der Waals surface area contributed by atoms with E-state index in [2.05, 4.69) is 20.8 Å². The first-order valence-electron chi connectivity index (χ1n) is 12.6. The summed E-state index contributed by atoms with van der Waals surface area (Å²) in [7, 11) is 0. The fraction of sp³-hybridized carbons (Fsp3) is 0.962. The summed E-state index contributed by atoms with van der Waals surface area (Å²) in [5, 5.41) is 0. The van der Waals surface area contributed by atoms with E-state index in [1.54, 1.807) is 0 Å². The molecule has 0 N–H and O–H groups in total. The van der Waals surface area contributed by atoms with Gasteiger partial charge in [0.2, 0.25) is 0 Å². The maximum Gasteiger partial charge on any atom is -0.0414 e. The molecule has 1 atom stereocenters. The summed E-state index contributed by atoms with van der Waals surface area (Å²) in [6.45, 7) is 8.81. The third-order valence-electron chi connectivity index (χ3n) is 6.09. The van der Waals surface area contributed by atoms with Crippen LogP contribution in [0.4, 0.5) is 0 Å². The Morgan fingerprint density at radius 1 is 0.423 bits per heavy atom. The molecule has 0 saturated heterocycles. The molecule has 0 saturated carbocycles. The first kappa shape index (κ1) is 26.0. The van der Waals surface area contributed by atoms with Crippen molar-refractivity contribution in [2.75, 3.05) is 0 Å². The van der Waals surface area contributed by atoms with Gasteiger partial charge in [-0.1, -0.05) is 162 Å². The van der Waals surface area contributed by atoms with Gasteiger partial charge < -0.3 is 0 Å².